The van der Waals surface area contributed by atoms with Gasteiger partial charge in [-0.15, -0.1) is 11.8 Å². The van der Waals surface area contributed by atoms with Crippen molar-refractivity contribution in [1.82, 2.24) is 14.5 Å². The molecule has 0 bridgehead atoms. The lowest BCUT2D eigenvalue weighted by atomic mass is 10.2. The number of hydrogen-bond donors (Lipinski definition) is 1. The highest BCUT2D eigenvalue weighted by atomic mass is 32.2. The summed E-state index contributed by atoms with van der Waals surface area (Å²) in [6.45, 7) is 2.22. The summed E-state index contributed by atoms with van der Waals surface area (Å²) in [5.41, 5.74) is -0.0942. The molecule has 0 atom stereocenters. The Bertz CT molecular complexity index is 866. The minimum Gasteiger partial charge on any atom is -0.354 e. The van der Waals surface area contributed by atoms with Crippen molar-refractivity contribution in [2.45, 2.75) is 4.90 Å². The predicted octanol–water partition coefficient (Wildman–Crippen LogP) is 0.758. The van der Waals surface area contributed by atoms with Crippen LogP contribution in [0.2, 0.25) is 0 Å². The zero-order valence-corrected chi connectivity index (χ0v) is 15.0. The quantitative estimate of drug-likeness (QED) is 0.818. The molecule has 1 aromatic carbocycles. The van der Waals surface area contributed by atoms with Crippen molar-refractivity contribution in [3.8, 4) is 0 Å². The number of H-pyrrole nitrogens is 1. The number of thioether (sulfide) groups is 1. The van der Waals surface area contributed by atoms with Gasteiger partial charge in [-0.25, -0.2) is 4.79 Å². The third-order valence-electron chi connectivity index (χ3n) is 4.35. The van der Waals surface area contributed by atoms with Crippen molar-refractivity contribution < 1.29 is 4.79 Å². The van der Waals surface area contributed by atoms with Crippen molar-refractivity contribution >= 4 is 23.5 Å². The van der Waals surface area contributed by atoms with Crippen molar-refractivity contribution in [2.75, 3.05) is 37.3 Å². The van der Waals surface area contributed by atoms with Crippen LogP contribution in [0, 0.1) is 0 Å². The van der Waals surface area contributed by atoms with E-state index in [9.17, 15) is 14.4 Å². The lowest BCUT2D eigenvalue weighted by molar-refractivity contribution is 0.0746. The van der Waals surface area contributed by atoms with Gasteiger partial charge >= 0.3 is 5.69 Å². The van der Waals surface area contributed by atoms with Gasteiger partial charge in [-0.1, -0.05) is 6.07 Å². The van der Waals surface area contributed by atoms with Crippen LogP contribution >= 0.6 is 11.8 Å². The number of hydrogen-bond acceptors (Lipinski definition) is 5. The Hall–Kier alpha value is -2.48. The summed E-state index contributed by atoms with van der Waals surface area (Å²) in [6, 6.07) is 9.01. The molecule has 1 saturated heterocycles. The smallest absolute Gasteiger partial charge is 0.329 e. The first-order valence-electron chi connectivity index (χ1n) is 7.98. The van der Waals surface area contributed by atoms with Gasteiger partial charge in [0.1, 0.15) is 5.82 Å². The minimum atomic E-state index is -0.435. The summed E-state index contributed by atoms with van der Waals surface area (Å²) in [4.78, 5) is 43.6. The molecule has 0 radical (unpaired) electrons. The van der Waals surface area contributed by atoms with Gasteiger partial charge in [-0.3, -0.25) is 19.1 Å². The van der Waals surface area contributed by atoms with E-state index in [4.69, 9.17) is 0 Å². The first kappa shape index (κ1) is 17.3. The van der Waals surface area contributed by atoms with Crippen LogP contribution in [0.3, 0.4) is 0 Å². The number of piperazine rings is 1. The van der Waals surface area contributed by atoms with Crippen LogP contribution in [0.4, 0.5) is 5.82 Å². The number of amides is 1. The van der Waals surface area contributed by atoms with E-state index < -0.39 is 5.69 Å². The molecule has 0 saturated carbocycles. The minimum absolute atomic E-state index is 0.00743. The molecule has 8 heteroatoms. The molecule has 1 aromatic heterocycles. The first-order valence-corrected chi connectivity index (χ1v) is 9.20. The van der Waals surface area contributed by atoms with Crippen LogP contribution in [0.25, 0.3) is 0 Å². The van der Waals surface area contributed by atoms with E-state index in [-0.39, 0.29) is 11.5 Å². The molecule has 1 fully saturated rings. The summed E-state index contributed by atoms with van der Waals surface area (Å²) in [5.74, 6) is 0.512. The molecular weight excluding hydrogens is 340 g/mol. The number of carbonyl (C=O) groups excluding carboxylic acids is 1. The first-order chi connectivity index (χ1) is 12.0. The van der Waals surface area contributed by atoms with Crippen molar-refractivity contribution in [1.29, 1.82) is 0 Å². The topological polar surface area (TPSA) is 78.4 Å². The van der Waals surface area contributed by atoms with Crippen LogP contribution in [0.15, 0.2) is 44.8 Å². The van der Waals surface area contributed by atoms with Gasteiger partial charge in [0.25, 0.3) is 11.5 Å². The lowest BCUT2D eigenvalue weighted by Gasteiger charge is -2.35. The van der Waals surface area contributed by atoms with E-state index in [1.165, 1.54) is 13.1 Å². The molecule has 1 aliphatic rings. The van der Waals surface area contributed by atoms with E-state index in [1.54, 1.807) is 16.7 Å². The molecule has 7 nitrogen and oxygen atoms in total. The fourth-order valence-corrected chi connectivity index (χ4v) is 3.26. The lowest BCUT2D eigenvalue weighted by Crippen LogP contribution is -2.50. The number of anilines is 1. The van der Waals surface area contributed by atoms with Gasteiger partial charge in [-0.05, 0) is 24.5 Å². The molecule has 1 N–H and O–H groups in total. The molecule has 2 aromatic rings. The van der Waals surface area contributed by atoms with Crippen LogP contribution in [-0.2, 0) is 7.05 Å². The summed E-state index contributed by atoms with van der Waals surface area (Å²) in [7, 11) is 1.43. The SMILES string of the molecule is CSc1cccc(C(=O)N2CCN(c3cc(=O)n(C)c(=O)[nH]3)CC2)c1. The van der Waals surface area contributed by atoms with Gasteiger partial charge < -0.3 is 9.80 Å². The van der Waals surface area contributed by atoms with E-state index in [1.807, 2.05) is 35.4 Å². The number of benzene rings is 1. The highest BCUT2D eigenvalue weighted by Gasteiger charge is 2.23. The molecule has 3 rings (SSSR count). The van der Waals surface area contributed by atoms with Gasteiger partial charge in [0.2, 0.25) is 0 Å². The van der Waals surface area contributed by atoms with Crippen molar-refractivity contribution in [3.05, 3.63) is 56.7 Å². The van der Waals surface area contributed by atoms with Crippen LogP contribution in [0.1, 0.15) is 10.4 Å². The maximum atomic E-state index is 12.7. The van der Waals surface area contributed by atoms with Crippen LogP contribution < -0.4 is 16.1 Å². The summed E-state index contributed by atoms with van der Waals surface area (Å²) < 4.78 is 1.03. The predicted molar refractivity (Wildman–Crippen MR) is 98.6 cm³/mol. The van der Waals surface area contributed by atoms with E-state index >= 15 is 0 Å². The second-order valence-corrected chi connectivity index (χ2v) is 6.75. The van der Waals surface area contributed by atoms with Gasteiger partial charge in [0.05, 0.1) is 0 Å². The molecule has 0 spiro atoms. The Morgan fingerprint density at radius 1 is 1.12 bits per heavy atom. The summed E-state index contributed by atoms with van der Waals surface area (Å²) in [6.07, 6.45) is 1.98. The zero-order chi connectivity index (χ0) is 18.0. The molecular formula is C17H20N4O3S. The fraction of sp³-hybridized carbons (Fsp3) is 0.353. The highest BCUT2D eigenvalue weighted by molar-refractivity contribution is 7.98. The Labute approximate surface area is 149 Å². The average Bonchev–Trinajstić information content (AvgIpc) is 2.65. The third kappa shape index (κ3) is 3.63. The molecule has 25 heavy (non-hydrogen) atoms. The largest absolute Gasteiger partial charge is 0.354 e. The number of carbonyl (C=O) groups is 1. The molecule has 0 aliphatic carbocycles. The third-order valence-corrected chi connectivity index (χ3v) is 5.08. The normalized spacial score (nSPS) is 14.6. The van der Waals surface area contributed by atoms with E-state index in [0.717, 1.165) is 9.46 Å². The maximum absolute atomic E-state index is 12.7. The molecule has 2 heterocycles. The average molecular weight is 360 g/mol. The number of rotatable bonds is 3. The van der Waals surface area contributed by atoms with Crippen LogP contribution in [0.5, 0.6) is 0 Å². The fourth-order valence-electron chi connectivity index (χ4n) is 2.80. The van der Waals surface area contributed by atoms with Gasteiger partial charge in [0, 0.05) is 49.8 Å². The van der Waals surface area contributed by atoms with E-state index in [0.29, 0.717) is 37.6 Å². The maximum Gasteiger partial charge on any atom is 0.329 e. The monoisotopic (exact) mass is 360 g/mol. The van der Waals surface area contributed by atoms with E-state index in [2.05, 4.69) is 4.98 Å². The van der Waals surface area contributed by atoms with Gasteiger partial charge in [-0.2, -0.15) is 0 Å². The van der Waals surface area contributed by atoms with Crippen molar-refractivity contribution in [2.24, 2.45) is 7.05 Å². The number of aromatic amines is 1. The van der Waals surface area contributed by atoms with Crippen molar-refractivity contribution in [3.63, 3.8) is 0 Å². The molecule has 132 valence electrons. The van der Waals surface area contributed by atoms with Crippen LogP contribution in [-0.4, -0.2) is 52.8 Å². The second kappa shape index (κ2) is 7.18. The Morgan fingerprint density at radius 3 is 2.48 bits per heavy atom. The molecule has 1 amide bonds. The summed E-state index contributed by atoms with van der Waals surface area (Å²) in [5, 5.41) is 0. The molecule has 0 unspecified atom stereocenters. The Balaban J connectivity index is 1.70. The zero-order valence-electron chi connectivity index (χ0n) is 14.2. The summed E-state index contributed by atoms with van der Waals surface area (Å²) >= 11 is 1.60. The number of nitrogens with zero attached hydrogens (tertiary/aromatic N) is 3. The van der Waals surface area contributed by atoms with Gasteiger partial charge in [0.15, 0.2) is 0 Å². The molecule has 1 aliphatic heterocycles. The number of aromatic nitrogens is 2. The Kier molecular flexibility index (Phi) is 4.98. The second-order valence-electron chi connectivity index (χ2n) is 5.87. The number of nitrogens with one attached hydrogen (secondary N) is 1. The Morgan fingerprint density at radius 2 is 1.84 bits per heavy atom. The highest BCUT2D eigenvalue weighted by Crippen LogP contribution is 2.18. The standard InChI is InChI=1S/C17H20N4O3S/c1-19-15(22)11-14(18-17(19)24)20-6-8-21(9-7-20)16(23)12-4-3-5-13(10-12)25-2/h3-5,10-11H,6-9H2,1-2H3,(H,18,24).